The lowest BCUT2D eigenvalue weighted by Gasteiger charge is -2.36. The molecule has 0 fully saturated rings. The molecule has 33 heavy (non-hydrogen) atoms. The Morgan fingerprint density at radius 1 is 1.15 bits per heavy atom. The lowest BCUT2D eigenvalue weighted by atomic mass is 9.99. The van der Waals surface area contributed by atoms with Crippen LogP contribution in [0, 0.1) is 24.5 Å². The minimum atomic E-state index is -0.616. The fourth-order valence-corrected chi connectivity index (χ4v) is 3.95. The average molecular weight is 476 g/mol. The number of benzene rings is 1. The zero-order valence-electron chi connectivity index (χ0n) is 18.9. The van der Waals surface area contributed by atoms with E-state index in [-0.39, 0.29) is 37.9 Å². The van der Waals surface area contributed by atoms with Crippen LogP contribution in [0.4, 0.5) is 26.2 Å². The topological polar surface area (TPSA) is 88.0 Å². The van der Waals surface area contributed by atoms with E-state index >= 15 is 0 Å². The Morgan fingerprint density at radius 2 is 1.85 bits per heavy atom. The number of hydrogen-bond acceptors (Lipinski definition) is 6. The number of fused-ring (bicyclic) bond motifs is 1. The molecule has 3 aromatic rings. The predicted molar refractivity (Wildman–Crippen MR) is 128 cm³/mol. The van der Waals surface area contributed by atoms with Gasteiger partial charge in [-0.3, -0.25) is 9.48 Å². The first kappa shape index (κ1) is 24.4. The second-order valence-electron chi connectivity index (χ2n) is 8.30. The summed E-state index contributed by atoms with van der Waals surface area (Å²) >= 11 is 0. The predicted octanol–water partition coefficient (Wildman–Crippen LogP) is 3.45. The number of amides is 1. The number of hydrogen-bond donors (Lipinski definition) is 2. The normalized spacial score (nSPS) is 15.2. The summed E-state index contributed by atoms with van der Waals surface area (Å²) in [4.78, 5) is 23.4. The minimum absolute atomic E-state index is 0. The maximum atomic E-state index is 13.4. The van der Waals surface area contributed by atoms with E-state index in [9.17, 15) is 13.6 Å². The first-order chi connectivity index (χ1) is 15.2. The number of nitrogens with zero attached hydrogens (tertiary/aromatic N) is 5. The molecule has 1 aromatic carbocycles. The number of rotatable bonds is 6. The van der Waals surface area contributed by atoms with Crippen LogP contribution in [0.25, 0.3) is 0 Å². The summed E-state index contributed by atoms with van der Waals surface area (Å²) in [5.41, 5.74) is 2.64. The highest BCUT2D eigenvalue weighted by atomic mass is 32.1. The molecule has 8 nitrogen and oxygen atoms in total. The van der Waals surface area contributed by atoms with E-state index in [1.165, 1.54) is 12.1 Å². The number of carbonyl (C=O) groups is 1. The van der Waals surface area contributed by atoms with Crippen LogP contribution in [-0.4, -0.2) is 38.7 Å². The number of anilines is 3. The largest absolute Gasteiger partial charge is 0.350 e. The third kappa shape index (κ3) is 5.24. The highest BCUT2D eigenvalue weighted by Gasteiger charge is 2.35. The average Bonchev–Trinajstić information content (AvgIpc) is 3.13. The van der Waals surface area contributed by atoms with Crippen molar-refractivity contribution in [3.8, 4) is 0 Å². The number of carbonyl (C=O) groups excluding carboxylic acids is 1. The number of aryl methyl sites for hydroxylation is 1. The van der Waals surface area contributed by atoms with Gasteiger partial charge >= 0.3 is 0 Å². The van der Waals surface area contributed by atoms with Gasteiger partial charge in [0.05, 0.1) is 18.4 Å². The van der Waals surface area contributed by atoms with Crippen molar-refractivity contribution in [2.45, 2.75) is 39.9 Å². The SMILES string of the molecule is Cc1nc(NCc2cnn(Cc3cc(F)cc(F)c3)c2)nc2c1NC(=O)[C@H](C(C)C)N2C.S. The van der Waals surface area contributed by atoms with Crippen LogP contribution in [0.2, 0.25) is 0 Å². The van der Waals surface area contributed by atoms with Crippen molar-refractivity contribution < 1.29 is 13.6 Å². The Kier molecular flexibility index (Phi) is 7.21. The summed E-state index contributed by atoms with van der Waals surface area (Å²) in [6.45, 7) is 6.49. The van der Waals surface area contributed by atoms with E-state index in [4.69, 9.17) is 0 Å². The first-order valence-electron chi connectivity index (χ1n) is 10.3. The Bertz CT molecular complexity index is 1150. The molecule has 0 spiro atoms. The Balaban J connectivity index is 0.00000306. The summed E-state index contributed by atoms with van der Waals surface area (Å²) in [5, 5.41) is 10.4. The molecule has 0 saturated heterocycles. The summed E-state index contributed by atoms with van der Waals surface area (Å²) in [7, 11) is 1.86. The van der Waals surface area contributed by atoms with Crippen molar-refractivity contribution in [2.24, 2.45) is 5.92 Å². The van der Waals surface area contributed by atoms with E-state index in [0.717, 1.165) is 11.6 Å². The highest BCUT2D eigenvalue weighted by Crippen LogP contribution is 2.34. The van der Waals surface area contributed by atoms with E-state index < -0.39 is 11.6 Å². The van der Waals surface area contributed by atoms with Gasteiger partial charge in [0, 0.05) is 31.4 Å². The molecule has 4 rings (SSSR count). The maximum Gasteiger partial charge on any atom is 0.247 e. The van der Waals surface area contributed by atoms with Crippen LogP contribution in [0.15, 0.2) is 30.6 Å². The Morgan fingerprint density at radius 3 is 2.52 bits per heavy atom. The van der Waals surface area contributed by atoms with Gasteiger partial charge in [-0.2, -0.15) is 23.6 Å². The quantitative estimate of drug-likeness (QED) is 0.568. The second kappa shape index (κ2) is 9.74. The van der Waals surface area contributed by atoms with Gasteiger partial charge in [0.2, 0.25) is 11.9 Å². The zero-order chi connectivity index (χ0) is 23.0. The standard InChI is InChI=1S/C22H25F2N7O.H2S/c1-12(2)19-21(32)28-18-13(3)27-22(29-20(18)30(19)4)25-8-15-9-26-31(11-15)10-14-5-16(23)7-17(24)6-14;/h5-7,9,11-12,19H,8,10H2,1-4H3,(H,28,32)(H,25,27,29);1H2/t19-;/m0./s1. The summed E-state index contributed by atoms with van der Waals surface area (Å²) < 4.78 is 28.4. The molecule has 176 valence electrons. The molecule has 1 atom stereocenters. The van der Waals surface area contributed by atoms with Crippen molar-refractivity contribution in [2.75, 3.05) is 22.6 Å². The smallest absolute Gasteiger partial charge is 0.247 e. The van der Waals surface area contributed by atoms with Gasteiger partial charge < -0.3 is 15.5 Å². The van der Waals surface area contributed by atoms with Crippen LogP contribution in [0.1, 0.15) is 30.7 Å². The van der Waals surface area contributed by atoms with Gasteiger partial charge in [-0.25, -0.2) is 13.8 Å². The molecule has 0 unspecified atom stereocenters. The molecule has 1 aliphatic heterocycles. The van der Waals surface area contributed by atoms with Gasteiger partial charge in [-0.05, 0) is 30.5 Å². The van der Waals surface area contributed by atoms with Gasteiger partial charge in [-0.15, -0.1) is 0 Å². The van der Waals surface area contributed by atoms with Crippen LogP contribution in [0.5, 0.6) is 0 Å². The third-order valence-corrected chi connectivity index (χ3v) is 5.37. The number of aromatic nitrogens is 4. The summed E-state index contributed by atoms with van der Waals surface area (Å²) in [6.07, 6.45) is 3.47. The molecule has 3 heterocycles. The molecule has 2 N–H and O–H groups in total. The van der Waals surface area contributed by atoms with Gasteiger partial charge in [0.1, 0.15) is 23.4 Å². The number of halogens is 2. The Hall–Kier alpha value is -3.21. The van der Waals surface area contributed by atoms with Crippen LogP contribution in [0.3, 0.4) is 0 Å². The van der Waals surface area contributed by atoms with Crippen molar-refractivity contribution in [3.05, 3.63) is 59.0 Å². The van der Waals surface area contributed by atoms with Gasteiger partial charge in [0.15, 0.2) is 5.82 Å². The van der Waals surface area contributed by atoms with Crippen LogP contribution >= 0.6 is 13.5 Å². The summed E-state index contributed by atoms with van der Waals surface area (Å²) in [6, 6.07) is 3.10. The molecule has 0 saturated carbocycles. The Labute approximate surface area is 197 Å². The van der Waals surface area contributed by atoms with Crippen LogP contribution in [-0.2, 0) is 17.9 Å². The van der Waals surface area contributed by atoms with Crippen molar-refractivity contribution in [1.29, 1.82) is 0 Å². The molecule has 0 aliphatic carbocycles. The lowest BCUT2D eigenvalue weighted by Crippen LogP contribution is -2.49. The second-order valence-corrected chi connectivity index (χ2v) is 8.30. The molecule has 1 amide bonds. The molecule has 0 radical (unpaired) electrons. The third-order valence-electron chi connectivity index (χ3n) is 5.37. The lowest BCUT2D eigenvalue weighted by molar-refractivity contribution is -0.118. The fourth-order valence-electron chi connectivity index (χ4n) is 3.95. The summed E-state index contributed by atoms with van der Waals surface area (Å²) in [5.74, 6) is -0.0660. The molecular formula is C22H27F2N7OS. The number of likely N-dealkylation sites (N-methyl/N-ethyl adjacent to an activating group) is 1. The molecule has 11 heteroatoms. The van der Waals surface area contributed by atoms with E-state index in [1.54, 1.807) is 17.1 Å². The van der Waals surface area contributed by atoms with Crippen molar-refractivity contribution in [1.82, 2.24) is 19.7 Å². The van der Waals surface area contributed by atoms with Crippen LogP contribution < -0.4 is 15.5 Å². The van der Waals surface area contributed by atoms with Crippen molar-refractivity contribution >= 4 is 36.9 Å². The fraction of sp³-hybridized carbons (Fsp3) is 0.364. The zero-order valence-corrected chi connectivity index (χ0v) is 19.9. The molecule has 1 aliphatic rings. The van der Waals surface area contributed by atoms with Crippen molar-refractivity contribution in [3.63, 3.8) is 0 Å². The highest BCUT2D eigenvalue weighted by molar-refractivity contribution is 7.59. The molecule has 2 aromatic heterocycles. The van der Waals surface area contributed by atoms with E-state index in [0.29, 0.717) is 35.3 Å². The van der Waals surface area contributed by atoms with E-state index in [2.05, 4.69) is 25.7 Å². The first-order valence-corrected chi connectivity index (χ1v) is 10.3. The van der Waals surface area contributed by atoms with E-state index in [1.807, 2.05) is 32.7 Å². The molecule has 0 bridgehead atoms. The maximum absolute atomic E-state index is 13.4. The monoisotopic (exact) mass is 475 g/mol. The molecular weight excluding hydrogens is 448 g/mol. The van der Waals surface area contributed by atoms with Gasteiger partial charge in [-0.1, -0.05) is 13.8 Å². The van der Waals surface area contributed by atoms with Gasteiger partial charge in [0.25, 0.3) is 0 Å². The minimum Gasteiger partial charge on any atom is -0.350 e. The number of nitrogens with one attached hydrogen (secondary N) is 2.